The lowest BCUT2D eigenvalue weighted by Crippen LogP contribution is -2.37. The van der Waals surface area contributed by atoms with Gasteiger partial charge in [-0.2, -0.15) is 9.30 Å². The number of benzene rings is 1. The number of rotatable bonds is 4. The van der Waals surface area contributed by atoms with Crippen LogP contribution in [0.15, 0.2) is 34.3 Å². The van der Waals surface area contributed by atoms with Crippen molar-refractivity contribution in [2.24, 2.45) is 16.5 Å². The average Bonchev–Trinajstić information content (AvgIpc) is 3.06. The van der Waals surface area contributed by atoms with Crippen molar-refractivity contribution in [3.05, 3.63) is 29.4 Å². The fourth-order valence-corrected chi connectivity index (χ4v) is 4.91. The number of aliphatic hydroxyl groups is 1. The Morgan fingerprint density at radius 3 is 2.77 bits per heavy atom. The molecule has 1 aromatic carbocycles. The van der Waals surface area contributed by atoms with Gasteiger partial charge in [-0.1, -0.05) is 17.7 Å². The minimum atomic E-state index is -3.76. The molecule has 1 aliphatic heterocycles. The van der Waals surface area contributed by atoms with Crippen molar-refractivity contribution in [2.45, 2.75) is 23.8 Å². The second-order valence-corrected chi connectivity index (χ2v) is 8.07. The molecule has 26 heavy (non-hydrogen) atoms. The quantitative estimate of drug-likeness (QED) is 0.505. The maximum Gasteiger partial charge on any atom is 0.243 e. The van der Waals surface area contributed by atoms with Gasteiger partial charge in [0.15, 0.2) is 11.8 Å². The number of aliphatic hydroxyl groups excluding tert-OH is 1. The van der Waals surface area contributed by atoms with Gasteiger partial charge in [0.2, 0.25) is 10.0 Å². The molecule has 2 heterocycles. The third-order valence-electron chi connectivity index (χ3n) is 4.16. The van der Waals surface area contributed by atoms with Crippen molar-refractivity contribution in [1.82, 2.24) is 9.29 Å². The van der Waals surface area contributed by atoms with Gasteiger partial charge >= 0.3 is 0 Å². The summed E-state index contributed by atoms with van der Waals surface area (Å²) in [4.78, 5) is 8.09. The standard InChI is InChI=1S/C15H18ClN5O3S.ClH/c16-13-7-19-14(20-15(17)18)12-6-10(3-4-11(12)13)25(23,24)21-5-1-2-9(21)8-22;/h3-4,6-7,9,22H,1-2,5,8H2,(H4,17,18,19,20);1H/t9-;/m1./s1. The molecule has 0 saturated carbocycles. The summed E-state index contributed by atoms with van der Waals surface area (Å²) in [6, 6.07) is 4.13. The number of nitrogens with zero attached hydrogens (tertiary/aromatic N) is 3. The van der Waals surface area contributed by atoms with E-state index in [1.807, 2.05) is 0 Å². The molecular weight excluding hydrogens is 401 g/mol. The Balaban J connectivity index is 0.00000243. The molecule has 0 radical (unpaired) electrons. The highest BCUT2D eigenvalue weighted by Crippen LogP contribution is 2.33. The number of nitrogens with two attached hydrogens (primary N) is 2. The van der Waals surface area contributed by atoms with E-state index in [2.05, 4.69) is 9.98 Å². The van der Waals surface area contributed by atoms with E-state index in [0.29, 0.717) is 35.2 Å². The summed E-state index contributed by atoms with van der Waals surface area (Å²) < 4.78 is 27.2. The van der Waals surface area contributed by atoms with E-state index in [1.165, 1.54) is 22.6 Å². The Labute approximate surface area is 162 Å². The van der Waals surface area contributed by atoms with Crippen LogP contribution in [0.5, 0.6) is 0 Å². The predicted molar refractivity (Wildman–Crippen MR) is 103 cm³/mol. The molecule has 8 nitrogen and oxygen atoms in total. The van der Waals surface area contributed by atoms with Crippen LogP contribution in [0.2, 0.25) is 5.02 Å². The van der Waals surface area contributed by atoms with Crippen LogP contribution in [0.4, 0.5) is 5.82 Å². The van der Waals surface area contributed by atoms with Crippen LogP contribution >= 0.6 is 24.0 Å². The Hall–Kier alpha value is -1.65. The fraction of sp³-hybridized carbons (Fsp3) is 0.333. The van der Waals surface area contributed by atoms with E-state index in [0.717, 1.165) is 0 Å². The number of aliphatic imine (C=N–C) groups is 1. The molecule has 0 aliphatic carbocycles. The first-order valence-corrected chi connectivity index (χ1v) is 9.47. The molecule has 0 unspecified atom stereocenters. The molecule has 11 heteroatoms. The monoisotopic (exact) mass is 419 g/mol. The van der Waals surface area contributed by atoms with Crippen molar-refractivity contribution in [3.63, 3.8) is 0 Å². The van der Waals surface area contributed by atoms with Crippen LogP contribution in [-0.4, -0.2) is 48.0 Å². The van der Waals surface area contributed by atoms with E-state index in [-0.39, 0.29) is 35.7 Å². The molecule has 0 bridgehead atoms. The number of pyridine rings is 1. The molecular formula is C15H19Cl2N5O3S. The Morgan fingerprint density at radius 2 is 2.12 bits per heavy atom. The average molecular weight is 420 g/mol. The van der Waals surface area contributed by atoms with Gasteiger partial charge in [0.25, 0.3) is 0 Å². The molecule has 0 amide bonds. The molecule has 1 saturated heterocycles. The molecule has 1 aliphatic rings. The van der Waals surface area contributed by atoms with E-state index < -0.39 is 16.1 Å². The Morgan fingerprint density at radius 1 is 1.38 bits per heavy atom. The summed E-state index contributed by atoms with van der Waals surface area (Å²) in [6.07, 6.45) is 2.75. The second-order valence-electron chi connectivity index (χ2n) is 5.77. The van der Waals surface area contributed by atoms with E-state index in [1.54, 1.807) is 6.07 Å². The van der Waals surface area contributed by atoms with E-state index >= 15 is 0 Å². The molecule has 5 N–H and O–H groups in total. The highest BCUT2D eigenvalue weighted by molar-refractivity contribution is 7.89. The number of hydrogen-bond donors (Lipinski definition) is 3. The molecule has 2 aromatic rings. The molecule has 142 valence electrons. The lowest BCUT2D eigenvalue weighted by atomic mass is 10.1. The van der Waals surface area contributed by atoms with Gasteiger partial charge in [0.1, 0.15) is 0 Å². The number of aromatic nitrogens is 1. The van der Waals surface area contributed by atoms with Crippen LogP contribution in [0, 0.1) is 0 Å². The van der Waals surface area contributed by atoms with Crippen LogP contribution in [0.25, 0.3) is 10.8 Å². The number of sulfonamides is 1. The van der Waals surface area contributed by atoms with Crippen LogP contribution in [0.3, 0.4) is 0 Å². The van der Waals surface area contributed by atoms with Crippen LogP contribution < -0.4 is 11.5 Å². The maximum absolute atomic E-state index is 12.9. The Bertz CT molecular complexity index is 948. The highest BCUT2D eigenvalue weighted by Gasteiger charge is 2.35. The van der Waals surface area contributed by atoms with Gasteiger partial charge in [-0.05, 0) is 25.0 Å². The summed E-state index contributed by atoms with van der Waals surface area (Å²) in [5, 5.41) is 10.8. The first-order chi connectivity index (χ1) is 11.8. The number of fused-ring (bicyclic) bond motifs is 1. The normalized spacial score (nSPS) is 17.8. The first-order valence-electron chi connectivity index (χ1n) is 7.65. The zero-order chi connectivity index (χ0) is 18.2. The van der Waals surface area contributed by atoms with E-state index in [9.17, 15) is 13.5 Å². The lowest BCUT2D eigenvalue weighted by Gasteiger charge is -2.22. The zero-order valence-corrected chi connectivity index (χ0v) is 16.1. The van der Waals surface area contributed by atoms with Crippen LogP contribution in [-0.2, 0) is 10.0 Å². The summed E-state index contributed by atoms with van der Waals surface area (Å²) in [5.74, 6) is 0.000787. The van der Waals surface area contributed by atoms with Gasteiger partial charge < -0.3 is 16.6 Å². The van der Waals surface area contributed by atoms with Gasteiger partial charge in [-0.3, -0.25) is 0 Å². The molecule has 1 fully saturated rings. The second kappa shape index (κ2) is 7.93. The van der Waals surface area contributed by atoms with Gasteiger partial charge in [-0.25, -0.2) is 13.4 Å². The number of hydrogen-bond acceptors (Lipinski definition) is 5. The van der Waals surface area contributed by atoms with Crippen molar-refractivity contribution in [1.29, 1.82) is 0 Å². The van der Waals surface area contributed by atoms with Crippen molar-refractivity contribution < 1.29 is 13.5 Å². The maximum atomic E-state index is 12.9. The summed E-state index contributed by atoms with van der Waals surface area (Å²) in [7, 11) is -3.76. The Kier molecular flexibility index (Phi) is 6.30. The SMILES string of the molecule is Cl.NC(N)=Nc1ncc(Cl)c2ccc(S(=O)(=O)N3CCC[C@@H]3CO)cc12. The lowest BCUT2D eigenvalue weighted by molar-refractivity contribution is 0.213. The van der Waals surface area contributed by atoms with E-state index in [4.69, 9.17) is 23.1 Å². The third-order valence-corrected chi connectivity index (χ3v) is 6.41. The summed E-state index contributed by atoms with van der Waals surface area (Å²) in [6.45, 7) is 0.166. The highest BCUT2D eigenvalue weighted by atomic mass is 35.5. The number of guanidine groups is 1. The van der Waals surface area contributed by atoms with Gasteiger partial charge in [0.05, 0.1) is 16.5 Å². The zero-order valence-electron chi connectivity index (χ0n) is 13.7. The smallest absolute Gasteiger partial charge is 0.243 e. The molecule has 0 spiro atoms. The topological polar surface area (TPSA) is 135 Å². The molecule has 1 atom stereocenters. The predicted octanol–water partition coefficient (Wildman–Crippen LogP) is 1.36. The fourth-order valence-electron chi connectivity index (χ4n) is 2.99. The summed E-state index contributed by atoms with van der Waals surface area (Å²) in [5.41, 5.74) is 10.8. The summed E-state index contributed by atoms with van der Waals surface area (Å²) >= 11 is 6.14. The third kappa shape index (κ3) is 3.72. The van der Waals surface area contributed by atoms with Crippen molar-refractivity contribution in [3.8, 4) is 0 Å². The van der Waals surface area contributed by atoms with Gasteiger partial charge in [-0.15, -0.1) is 12.4 Å². The minimum absolute atomic E-state index is 0. The number of halogens is 2. The van der Waals surface area contributed by atoms with Crippen LogP contribution in [0.1, 0.15) is 12.8 Å². The first kappa shape index (κ1) is 20.7. The van der Waals surface area contributed by atoms with Crippen molar-refractivity contribution in [2.75, 3.05) is 13.2 Å². The van der Waals surface area contributed by atoms with Gasteiger partial charge in [0, 0.05) is 29.6 Å². The molecule has 3 rings (SSSR count). The van der Waals surface area contributed by atoms with Crippen molar-refractivity contribution >= 4 is 56.6 Å². The minimum Gasteiger partial charge on any atom is -0.395 e. The largest absolute Gasteiger partial charge is 0.395 e. The molecule has 1 aromatic heterocycles.